The SMILES string of the molecule is CCN(C)CCNC(=O)C1(C(N)=NO)CC1. The number of rotatable bonds is 6. The van der Waals surface area contributed by atoms with E-state index < -0.39 is 5.41 Å². The molecule has 0 spiro atoms. The molecule has 1 aliphatic rings. The molecular formula is C10H20N4O2. The highest BCUT2D eigenvalue weighted by Gasteiger charge is 2.54. The number of amides is 1. The molecule has 1 rings (SSSR count). The van der Waals surface area contributed by atoms with Crippen LogP contribution in [0.3, 0.4) is 0 Å². The predicted molar refractivity (Wildman–Crippen MR) is 61.3 cm³/mol. The molecule has 1 aliphatic carbocycles. The van der Waals surface area contributed by atoms with Crippen LogP contribution < -0.4 is 11.1 Å². The quantitative estimate of drug-likeness (QED) is 0.249. The van der Waals surface area contributed by atoms with Gasteiger partial charge in [0.2, 0.25) is 5.91 Å². The molecule has 0 aromatic rings. The topological polar surface area (TPSA) is 91.0 Å². The molecule has 1 fully saturated rings. The van der Waals surface area contributed by atoms with Crippen molar-refractivity contribution in [1.29, 1.82) is 0 Å². The molecule has 0 aromatic heterocycles. The van der Waals surface area contributed by atoms with Crippen LogP contribution in [0.5, 0.6) is 0 Å². The molecule has 0 heterocycles. The van der Waals surface area contributed by atoms with E-state index in [1.807, 2.05) is 7.05 Å². The molecule has 0 unspecified atom stereocenters. The van der Waals surface area contributed by atoms with Gasteiger partial charge in [0.1, 0.15) is 5.41 Å². The lowest BCUT2D eigenvalue weighted by atomic mass is 10.1. The van der Waals surface area contributed by atoms with Gasteiger partial charge in [-0.3, -0.25) is 4.79 Å². The summed E-state index contributed by atoms with van der Waals surface area (Å²) in [5.41, 5.74) is 4.76. The molecule has 0 radical (unpaired) electrons. The summed E-state index contributed by atoms with van der Waals surface area (Å²) >= 11 is 0. The highest BCUT2D eigenvalue weighted by atomic mass is 16.4. The van der Waals surface area contributed by atoms with Crippen molar-refractivity contribution in [3.05, 3.63) is 0 Å². The number of likely N-dealkylation sites (N-methyl/N-ethyl adjacent to an activating group) is 1. The van der Waals surface area contributed by atoms with E-state index in [0.717, 1.165) is 13.1 Å². The Morgan fingerprint density at radius 3 is 2.69 bits per heavy atom. The van der Waals surface area contributed by atoms with Gasteiger partial charge in [-0.25, -0.2) is 0 Å². The Hall–Kier alpha value is -1.30. The zero-order valence-electron chi connectivity index (χ0n) is 9.86. The van der Waals surface area contributed by atoms with Crippen molar-refractivity contribution in [2.75, 3.05) is 26.7 Å². The summed E-state index contributed by atoms with van der Waals surface area (Å²) in [5, 5.41) is 14.3. The van der Waals surface area contributed by atoms with Gasteiger partial charge in [0.05, 0.1) is 0 Å². The Morgan fingerprint density at radius 2 is 2.25 bits per heavy atom. The highest BCUT2D eigenvalue weighted by molar-refractivity contribution is 6.09. The van der Waals surface area contributed by atoms with Gasteiger partial charge >= 0.3 is 0 Å². The minimum absolute atomic E-state index is 0.0221. The van der Waals surface area contributed by atoms with Gasteiger partial charge in [-0.05, 0) is 26.4 Å². The van der Waals surface area contributed by atoms with E-state index in [4.69, 9.17) is 10.9 Å². The molecule has 0 bridgehead atoms. The lowest BCUT2D eigenvalue weighted by Crippen LogP contribution is -2.43. The van der Waals surface area contributed by atoms with E-state index in [0.29, 0.717) is 19.4 Å². The normalized spacial score (nSPS) is 18.6. The van der Waals surface area contributed by atoms with Crippen LogP contribution in [-0.4, -0.2) is 48.5 Å². The first kappa shape index (κ1) is 12.8. The number of nitrogens with two attached hydrogens (primary N) is 1. The summed E-state index contributed by atoms with van der Waals surface area (Å²) in [7, 11) is 1.99. The van der Waals surface area contributed by atoms with E-state index in [1.165, 1.54) is 0 Å². The van der Waals surface area contributed by atoms with E-state index >= 15 is 0 Å². The van der Waals surface area contributed by atoms with Crippen molar-refractivity contribution in [1.82, 2.24) is 10.2 Å². The molecule has 0 aromatic carbocycles. The average molecular weight is 228 g/mol. The van der Waals surface area contributed by atoms with Crippen molar-refractivity contribution < 1.29 is 10.0 Å². The summed E-state index contributed by atoms with van der Waals surface area (Å²) in [6, 6.07) is 0. The van der Waals surface area contributed by atoms with E-state index in [2.05, 4.69) is 22.3 Å². The minimum atomic E-state index is -0.737. The molecule has 6 heteroatoms. The van der Waals surface area contributed by atoms with E-state index in [1.54, 1.807) is 0 Å². The van der Waals surface area contributed by atoms with Crippen molar-refractivity contribution in [3.8, 4) is 0 Å². The fourth-order valence-corrected chi connectivity index (χ4v) is 1.51. The summed E-state index contributed by atoms with van der Waals surface area (Å²) in [4.78, 5) is 13.9. The Bertz CT molecular complexity index is 287. The Balaban J connectivity index is 2.36. The van der Waals surface area contributed by atoms with Gasteiger partial charge in [-0.15, -0.1) is 0 Å². The molecule has 4 N–H and O–H groups in total. The lowest BCUT2D eigenvalue weighted by molar-refractivity contribution is -0.124. The number of hydrogen-bond donors (Lipinski definition) is 3. The number of carbonyl (C=O) groups excluding carboxylic acids is 1. The van der Waals surface area contributed by atoms with Gasteiger partial charge in [-0.2, -0.15) is 0 Å². The van der Waals surface area contributed by atoms with E-state index in [9.17, 15) is 4.79 Å². The Labute approximate surface area is 95.5 Å². The number of carbonyl (C=O) groups is 1. The molecule has 0 saturated heterocycles. The first-order valence-corrected chi connectivity index (χ1v) is 5.51. The van der Waals surface area contributed by atoms with Crippen LogP contribution in [0, 0.1) is 5.41 Å². The van der Waals surface area contributed by atoms with Gasteiger partial charge in [0, 0.05) is 13.1 Å². The molecule has 0 atom stereocenters. The summed E-state index contributed by atoms with van der Waals surface area (Å²) < 4.78 is 0. The second kappa shape index (κ2) is 5.16. The smallest absolute Gasteiger partial charge is 0.234 e. The summed E-state index contributed by atoms with van der Waals surface area (Å²) in [6.07, 6.45) is 1.33. The minimum Gasteiger partial charge on any atom is -0.409 e. The summed E-state index contributed by atoms with van der Waals surface area (Å²) in [5.74, 6) is -0.110. The van der Waals surface area contributed by atoms with Gasteiger partial charge in [0.25, 0.3) is 0 Å². The molecule has 92 valence electrons. The maximum Gasteiger partial charge on any atom is 0.234 e. The van der Waals surface area contributed by atoms with Crippen LogP contribution >= 0.6 is 0 Å². The van der Waals surface area contributed by atoms with Crippen molar-refractivity contribution >= 4 is 11.7 Å². The zero-order chi connectivity index (χ0) is 12.2. The van der Waals surface area contributed by atoms with Crippen LogP contribution in [-0.2, 0) is 4.79 Å². The van der Waals surface area contributed by atoms with Crippen molar-refractivity contribution in [2.24, 2.45) is 16.3 Å². The van der Waals surface area contributed by atoms with Gasteiger partial charge in [0.15, 0.2) is 5.84 Å². The Morgan fingerprint density at radius 1 is 1.62 bits per heavy atom. The standard InChI is InChI=1S/C10H20N4O2/c1-3-14(2)7-6-12-9(15)10(4-5-10)8(11)13-16/h16H,3-7H2,1-2H3,(H2,11,13)(H,12,15). The molecule has 1 amide bonds. The predicted octanol–water partition coefficient (Wildman–Crippen LogP) is -0.419. The van der Waals surface area contributed by atoms with Crippen molar-refractivity contribution in [3.63, 3.8) is 0 Å². The van der Waals surface area contributed by atoms with Gasteiger partial charge < -0.3 is 21.2 Å². The van der Waals surface area contributed by atoms with Crippen LogP contribution in [0.2, 0.25) is 0 Å². The van der Waals surface area contributed by atoms with E-state index in [-0.39, 0.29) is 11.7 Å². The second-order valence-electron chi connectivity index (χ2n) is 4.22. The van der Waals surface area contributed by atoms with Crippen LogP contribution in [0.25, 0.3) is 0 Å². The third kappa shape index (κ3) is 2.63. The average Bonchev–Trinajstić information content (AvgIpc) is 3.08. The first-order chi connectivity index (χ1) is 7.56. The number of nitrogens with zero attached hydrogens (tertiary/aromatic N) is 2. The van der Waals surface area contributed by atoms with Gasteiger partial charge in [-0.1, -0.05) is 12.1 Å². The molecule has 6 nitrogen and oxygen atoms in total. The monoisotopic (exact) mass is 228 g/mol. The maximum absolute atomic E-state index is 11.8. The second-order valence-corrected chi connectivity index (χ2v) is 4.22. The third-order valence-electron chi connectivity index (χ3n) is 3.10. The number of oxime groups is 1. The highest BCUT2D eigenvalue weighted by Crippen LogP contribution is 2.45. The molecular weight excluding hydrogens is 208 g/mol. The van der Waals surface area contributed by atoms with Crippen LogP contribution in [0.4, 0.5) is 0 Å². The lowest BCUT2D eigenvalue weighted by Gasteiger charge is -2.17. The van der Waals surface area contributed by atoms with Crippen LogP contribution in [0.15, 0.2) is 5.16 Å². The number of amidine groups is 1. The number of hydrogen-bond acceptors (Lipinski definition) is 4. The third-order valence-corrected chi connectivity index (χ3v) is 3.10. The number of nitrogens with one attached hydrogen (secondary N) is 1. The fourth-order valence-electron chi connectivity index (χ4n) is 1.51. The molecule has 1 saturated carbocycles. The zero-order valence-corrected chi connectivity index (χ0v) is 9.86. The van der Waals surface area contributed by atoms with Crippen molar-refractivity contribution in [2.45, 2.75) is 19.8 Å². The Kier molecular flexibility index (Phi) is 4.12. The fraction of sp³-hybridized carbons (Fsp3) is 0.800. The first-order valence-electron chi connectivity index (χ1n) is 5.51. The largest absolute Gasteiger partial charge is 0.409 e. The molecule has 0 aliphatic heterocycles. The maximum atomic E-state index is 11.8. The van der Waals surface area contributed by atoms with Crippen LogP contribution in [0.1, 0.15) is 19.8 Å². The molecule has 16 heavy (non-hydrogen) atoms. The summed E-state index contributed by atoms with van der Waals surface area (Å²) in [6.45, 7) is 4.39.